The van der Waals surface area contributed by atoms with E-state index in [0.29, 0.717) is 6.54 Å². The Labute approximate surface area is 170 Å². The average Bonchev–Trinajstić information content (AvgIpc) is 3.38. The zero-order valence-corrected chi connectivity index (χ0v) is 16.7. The maximum absolute atomic E-state index is 13.3. The minimum Gasteiger partial charge on any atom is -0.257 e. The fraction of sp³-hybridized carbons (Fsp3) is 0.0909. The second kappa shape index (κ2) is 8.91. The van der Waals surface area contributed by atoms with Crippen LogP contribution in [0.5, 0.6) is 0 Å². The van der Waals surface area contributed by atoms with Crippen molar-refractivity contribution in [3.8, 4) is 11.3 Å². The molecule has 0 aliphatic carbocycles. The van der Waals surface area contributed by atoms with E-state index < -0.39 is 0 Å². The van der Waals surface area contributed by atoms with Gasteiger partial charge in [0, 0.05) is 23.1 Å². The molecule has 4 rings (SSSR count). The molecule has 0 fully saturated rings. The number of thiophene rings is 1. The summed E-state index contributed by atoms with van der Waals surface area (Å²) in [5, 5.41) is 10.7. The number of aromatic nitrogens is 1. The second-order valence-electron chi connectivity index (χ2n) is 6.14. The summed E-state index contributed by atoms with van der Waals surface area (Å²) in [7, 11) is 0. The Balaban J connectivity index is 1.67. The predicted octanol–water partition coefficient (Wildman–Crippen LogP) is 5.44. The van der Waals surface area contributed by atoms with Gasteiger partial charge in [0.05, 0.1) is 11.9 Å². The Morgan fingerprint density at radius 2 is 1.79 bits per heavy atom. The first-order valence-electron chi connectivity index (χ1n) is 8.87. The molecule has 0 amide bonds. The average molecular weight is 408 g/mol. The van der Waals surface area contributed by atoms with E-state index in [1.807, 2.05) is 51.3 Å². The molecule has 6 heteroatoms. The van der Waals surface area contributed by atoms with Crippen LogP contribution in [-0.2, 0) is 6.42 Å². The molecule has 0 unspecified atom stereocenters. The van der Waals surface area contributed by atoms with Crippen molar-refractivity contribution in [2.24, 2.45) is 10.1 Å². The van der Waals surface area contributed by atoms with Gasteiger partial charge in [-0.05, 0) is 53.1 Å². The summed E-state index contributed by atoms with van der Waals surface area (Å²) in [5.41, 5.74) is 4.11. The largest absolute Gasteiger partial charge is 0.257 e. The van der Waals surface area contributed by atoms with Crippen LogP contribution in [0.1, 0.15) is 11.1 Å². The van der Waals surface area contributed by atoms with Crippen molar-refractivity contribution in [2.75, 3.05) is 6.54 Å². The van der Waals surface area contributed by atoms with Crippen molar-refractivity contribution in [2.45, 2.75) is 6.42 Å². The van der Waals surface area contributed by atoms with E-state index in [4.69, 9.17) is 4.99 Å². The second-order valence-corrected chi connectivity index (χ2v) is 7.76. The lowest BCUT2D eigenvalue weighted by Crippen LogP contribution is -2.13. The first-order chi connectivity index (χ1) is 13.8. The predicted molar refractivity (Wildman–Crippen MR) is 116 cm³/mol. The molecule has 0 bridgehead atoms. The third-order valence-corrected chi connectivity index (χ3v) is 5.74. The fourth-order valence-corrected chi connectivity index (χ4v) is 4.21. The highest BCUT2D eigenvalue weighted by molar-refractivity contribution is 7.08. The SMILES string of the molecule is Fc1ccc(-c2csc(=NCCc3ccccc3)n2N=Cc2ccsc2)cc1. The lowest BCUT2D eigenvalue weighted by Gasteiger charge is -2.03. The van der Waals surface area contributed by atoms with Crippen LogP contribution in [0.15, 0.2) is 86.9 Å². The third kappa shape index (κ3) is 4.52. The number of halogens is 1. The number of rotatable bonds is 6. The van der Waals surface area contributed by atoms with Crippen LogP contribution in [0.4, 0.5) is 4.39 Å². The number of benzene rings is 2. The van der Waals surface area contributed by atoms with E-state index in [1.165, 1.54) is 29.0 Å². The first kappa shape index (κ1) is 18.5. The van der Waals surface area contributed by atoms with Gasteiger partial charge in [0.2, 0.25) is 4.80 Å². The van der Waals surface area contributed by atoms with Gasteiger partial charge in [-0.1, -0.05) is 30.3 Å². The lowest BCUT2D eigenvalue weighted by molar-refractivity contribution is 0.628. The summed E-state index contributed by atoms with van der Waals surface area (Å²) in [6.45, 7) is 0.682. The van der Waals surface area contributed by atoms with Gasteiger partial charge in [0.1, 0.15) is 5.82 Å². The summed E-state index contributed by atoms with van der Waals surface area (Å²) in [4.78, 5) is 5.58. The number of hydrogen-bond acceptors (Lipinski definition) is 4. The van der Waals surface area contributed by atoms with Gasteiger partial charge in [-0.15, -0.1) is 11.3 Å². The van der Waals surface area contributed by atoms with Crippen molar-refractivity contribution in [3.05, 3.63) is 98.5 Å². The maximum Gasteiger partial charge on any atom is 0.206 e. The Kier molecular flexibility index (Phi) is 5.89. The Morgan fingerprint density at radius 1 is 0.964 bits per heavy atom. The van der Waals surface area contributed by atoms with E-state index in [-0.39, 0.29) is 5.82 Å². The zero-order chi connectivity index (χ0) is 19.2. The molecule has 0 N–H and O–H groups in total. The molecule has 2 aromatic carbocycles. The van der Waals surface area contributed by atoms with E-state index in [9.17, 15) is 4.39 Å². The molecule has 2 aromatic heterocycles. The number of hydrogen-bond donors (Lipinski definition) is 0. The molecule has 0 radical (unpaired) electrons. The quantitative estimate of drug-likeness (QED) is 0.381. The van der Waals surface area contributed by atoms with E-state index in [1.54, 1.807) is 23.5 Å². The highest BCUT2D eigenvalue weighted by Gasteiger charge is 2.07. The minimum absolute atomic E-state index is 0.250. The summed E-state index contributed by atoms with van der Waals surface area (Å²) in [5.74, 6) is -0.250. The van der Waals surface area contributed by atoms with Crippen LogP contribution in [0.25, 0.3) is 11.3 Å². The molecule has 0 spiro atoms. The topological polar surface area (TPSA) is 29.6 Å². The number of nitrogens with zero attached hydrogens (tertiary/aromatic N) is 3. The molecule has 0 atom stereocenters. The van der Waals surface area contributed by atoms with Crippen molar-refractivity contribution in [1.82, 2.24) is 4.68 Å². The molecule has 3 nitrogen and oxygen atoms in total. The lowest BCUT2D eigenvalue weighted by atomic mass is 10.2. The Hall–Kier alpha value is -2.83. The van der Waals surface area contributed by atoms with Crippen molar-refractivity contribution in [1.29, 1.82) is 0 Å². The van der Waals surface area contributed by atoms with Crippen molar-refractivity contribution in [3.63, 3.8) is 0 Å². The minimum atomic E-state index is -0.250. The van der Waals surface area contributed by atoms with Crippen molar-refractivity contribution < 1.29 is 4.39 Å². The Bertz CT molecular complexity index is 1110. The van der Waals surface area contributed by atoms with E-state index in [2.05, 4.69) is 17.2 Å². The summed E-state index contributed by atoms with van der Waals surface area (Å²) in [6.07, 6.45) is 2.70. The monoisotopic (exact) mass is 407 g/mol. The fourth-order valence-electron chi connectivity index (χ4n) is 2.74. The number of thiazole rings is 1. The summed E-state index contributed by atoms with van der Waals surface area (Å²) >= 11 is 3.17. The van der Waals surface area contributed by atoms with Crippen LogP contribution in [0.2, 0.25) is 0 Å². The van der Waals surface area contributed by atoms with E-state index >= 15 is 0 Å². The highest BCUT2D eigenvalue weighted by atomic mass is 32.1. The van der Waals surface area contributed by atoms with Gasteiger partial charge >= 0.3 is 0 Å². The molecule has 140 valence electrons. The standard InChI is InChI=1S/C22H18FN3S2/c23-20-8-6-19(7-9-20)21-16-28-22(24-12-10-17-4-2-1-3-5-17)26(21)25-14-18-11-13-27-15-18/h1-9,11,13-16H,10,12H2. The Morgan fingerprint density at radius 3 is 2.54 bits per heavy atom. The van der Waals surface area contributed by atoms with Gasteiger partial charge in [-0.25, -0.2) is 9.07 Å². The molecule has 4 aromatic rings. The van der Waals surface area contributed by atoms with Crippen LogP contribution < -0.4 is 4.80 Å². The molecular formula is C22H18FN3S2. The van der Waals surface area contributed by atoms with Gasteiger partial charge in [0.25, 0.3) is 0 Å². The first-order valence-corrected chi connectivity index (χ1v) is 10.7. The summed E-state index contributed by atoms with van der Waals surface area (Å²) < 4.78 is 15.2. The summed E-state index contributed by atoms with van der Waals surface area (Å²) in [6, 6.07) is 18.8. The van der Waals surface area contributed by atoms with Crippen LogP contribution in [-0.4, -0.2) is 17.4 Å². The van der Waals surface area contributed by atoms with Gasteiger partial charge in [-0.2, -0.15) is 16.4 Å². The molecule has 28 heavy (non-hydrogen) atoms. The zero-order valence-electron chi connectivity index (χ0n) is 15.0. The van der Waals surface area contributed by atoms with Crippen molar-refractivity contribution >= 4 is 28.9 Å². The normalized spacial score (nSPS) is 12.1. The van der Waals surface area contributed by atoms with Gasteiger partial charge in [-0.3, -0.25) is 4.99 Å². The molecule has 0 saturated heterocycles. The van der Waals surface area contributed by atoms with Gasteiger partial charge < -0.3 is 0 Å². The third-order valence-electron chi connectivity index (χ3n) is 4.18. The molecule has 0 aliphatic heterocycles. The van der Waals surface area contributed by atoms with Crippen LogP contribution >= 0.6 is 22.7 Å². The molecule has 0 saturated carbocycles. The molecule has 2 heterocycles. The smallest absolute Gasteiger partial charge is 0.206 e. The van der Waals surface area contributed by atoms with Crippen LogP contribution in [0, 0.1) is 5.82 Å². The van der Waals surface area contributed by atoms with E-state index in [0.717, 1.165) is 28.0 Å². The maximum atomic E-state index is 13.3. The van der Waals surface area contributed by atoms with Crippen LogP contribution in [0.3, 0.4) is 0 Å². The highest BCUT2D eigenvalue weighted by Crippen LogP contribution is 2.20. The molecule has 0 aliphatic rings. The molecular weight excluding hydrogens is 389 g/mol. The van der Waals surface area contributed by atoms with Gasteiger partial charge in [0.15, 0.2) is 0 Å².